The Hall–Kier alpha value is -5.01. The van der Waals surface area contributed by atoms with E-state index in [4.69, 9.17) is 21.3 Å². The molecule has 0 aliphatic carbocycles. The summed E-state index contributed by atoms with van der Waals surface area (Å²) in [4.78, 5) is 58.6. The molecule has 4 saturated heterocycles. The Bertz CT molecular complexity index is 2290. The Balaban J connectivity index is 0.732. The maximum absolute atomic E-state index is 13.3. The van der Waals surface area contributed by atoms with E-state index in [1.807, 2.05) is 30.3 Å². The Kier molecular flexibility index (Phi) is 12.0. The summed E-state index contributed by atoms with van der Waals surface area (Å²) in [5.41, 5.74) is 5.69. The highest BCUT2D eigenvalue weighted by atomic mass is 35.5. The highest BCUT2D eigenvalue weighted by Gasteiger charge is 2.41. The van der Waals surface area contributed by atoms with Crippen molar-refractivity contribution in [2.45, 2.75) is 44.3 Å². The van der Waals surface area contributed by atoms with Gasteiger partial charge in [0.25, 0.3) is 5.91 Å². The fourth-order valence-corrected chi connectivity index (χ4v) is 10.8. The predicted octanol–water partition coefficient (Wildman–Crippen LogP) is 5.48. The van der Waals surface area contributed by atoms with E-state index < -0.39 is 6.04 Å². The minimum Gasteiger partial charge on any atom is -0.494 e. The number of imide groups is 1. The Morgan fingerprint density at radius 2 is 1.67 bits per heavy atom. The number of aromatic nitrogens is 2. The summed E-state index contributed by atoms with van der Waals surface area (Å²) in [6, 6.07) is 20.4. The molecule has 0 spiro atoms. The number of ether oxygens (including phenoxy) is 1. The first-order valence-electron chi connectivity index (χ1n) is 21.4. The van der Waals surface area contributed by atoms with Crippen LogP contribution in [-0.4, -0.2) is 134 Å². The van der Waals surface area contributed by atoms with Crippen molar-refractivity contribution in [3.8, 4) is 5.75 Å². The van der Waals surface area contributed by atoms with Crippen molar-refractivity contribution >= 4 is 77.1 Å². The van der Waals surface area contributed by atoms with Gasteiger partial charge in [-0.25, -0.2) is 4.98 Å². The van der Waals surface area contributed by atoms with Crippen LogP contribution in [-0.2, 0) is 16.1 Å². The number of para-hydroxylation sites is 1. The molecule has 4 aromatic rings. The van der Waals surface area contributed by atoms with Crippen LogP contribution in [0.15, 0.2) is 66.9 Å². The van der Waals surface area contributed by atoms with Gasteiger partial charge in [0, 0.05) is 118 Å². The fraction of sp³-hybridized carbons (Fsp3) is 0.444. The maximum atomic E-state index is 13.3. The lowest BCUT2D eigenvalue weighted by Gasteiger charge is -2.47. The van der Waals surface area contributed by atoms with Gasteiger partial charge in [-0.2, -0.15) is 4.98 Å². The monoisotopic (exact) mass is 864 g/mol. The number of carbonyl (C=O) groups is 3. The second-order valence-corrected chi connectivity index (χ2v) is 19.6. The van der Waals surface area contributed by atoms with Gasteiger partial charge >= 0.3 is 0 Å². The molecule has 1 unspecified atom stereocenters. The number of nitrogens with one attached hydrogen (secondary N) is 3. The molecule has 0 radical (unpaired) electrons. The Morgan fingerprint density at radius 1 is 0.885 bits per heavy atom. The molecule has 3 N–H and O–H groups in total. The van der Waals surface area contributed by atoms with Crippen LogP contribution < -0.4 is 35.8 Å². The number of benzene rings is 3. The lowest BCUT2D eigenvalue weighted by molar-refractivity contribution is -0.136. The molecule has 0 bridgehead atoms. The average Bonchev–Trinajstić information content (AvgIpc) is 3.59. The quantitative estimate of drug-likeness (QED) is 0.123. The predicted molar refractivity (Wildman–Crippen MR) is 243 cm³/mol. The molecule has 3 aromatic carbocycles. The van der Waals surface area contributed by atoms with Crippen molar-refractivity contribution in [2.24, 2.45) is 5.92 Å². The summed E-state index contributed by atoms with van der Waals surface area (Å²) >= 11 is 6.53. The first-order valence-corrected chi connectivity index (χ1v) is 24.0. The average molecular weight is 865 g/mol. The minimum atomic E-state index is -0.596. The highest BCUT2D eigenvalue weighted by Crippen LogP contribution is 2.38. The van der Waals surface area contributed by atoms with Crippen molar-refractivity contribution < 1.29 is 19.1 Å². The summed E-state index contributed by atoms with van der Waals surface area (Å²) in [7, 11) is 1.37. The third-order valence-corrected chi connectivity index (χ3v) is 14.6. The van der Waals surface area contributed by atoms with Gasteiger partial charge in [-0.05, 0) is 68.2 Å². The first-order chi connectivity index (χ1) is 29.6. The molecule has 5 aliphatic heterocycles. The van der Waals surface area contributed by atoms with Gasteiger partial charge in [-0.15, -0.1) is 0 Å². The molecule has 1 aromatic heterocycles. The zero-order chi connectivity index (χ0) is 42.2. The Labute approximate surface area is 363 Å². The molecule has 1 atom stereocenters. The lowest BCUT2D eigenvalue weighted by Crippen LogP contribution is -2.57. The number of piperidine rings is 2. The number of amides is 3. The second-order valence-electron chi connectivity index (χ2n) is 17.0. The van der Waals surface area contributed by atoms with Gasteiger partial charge in [0.15, 0.2) is 5.82 Å². The van der Waals surface area contributed by atoms with E-state index in [-0.39, 0.29) is 32.1 Å². The molecule has 6 heterocycles. The largest absolute Gasteiger partial charge is 0.494 e. The van der Waals surface area contributed by atoms with Crippen LogP contribution in [0.3, 0.4) is 0 Å². The van der Waals surface area contributed by atoms with Gasteiger partial charge in [0.1, 0.15) is 16.8 Å². The number of carbonyl (C=O) groups excluding carboxylic acids is 3. The molecular weight excluding hydrogens is 811 g/mol. The molecule has 3 amide bonds. The summed E-state index contributed by atoms with van der Waals surface area (Å²) < 4.78 is 5.85. The van der Waals surface area contributed by atoms with Crippen molar-refractivity contribution in [3.05, 3.63) is 83.0 Å². The third kappa shape index (κ3) is 8.73. The zero-order valence-corrected chi connectivity index (χ0v) is 36.7. The number of fused-ring (bicyclic) bond motifs is 1. The number of nitrogens with zero attached hydrogens (tertiary/aromatic N) is 7. The van der Waals surface area contributed by atoms with Crippen molar-refractivity contribution in [3.63, 3.8) is 0 Å². The lowest BCUT2D eigenvalue weighted by atomic mass is 9.95. The summed E-state index contributed by atoms with van der Waals surface area (Å²) in [6.07, 6.45) is 4.49. The summed E-state index contributed by atoms with van der Waals surface area (Å²) in [6.45, 7) is 14.2. The molecule has 16 heteroatoms. The van der Waals surface area contributed by atoms with Crippen molar-refractivity contribution in [1.29, 1.82) is 0 Å². The van der Waals surface area contributed by atoms with Crippen LogP contribution in [0, 0.1) is 5.92 Å². The van der Waals surface area contributed by atoms with E-state index in [9.17, 15) is 14.4 Å². The van der Waals surface area contributed by atoms with E-state index in [0.717, 1.165) is 106 Å². The molecule has 61 heavy (non-hydrogen) atoms. The molecule has 9 rings (SSSR count). The van der Waals surface area contributed by atoms with E-state index in [1.165, 1.54) is 5.30 Å². The van der Waals surface area contributed by atoms with Crippen LogP contribution in [0.2, 0.25) is 5.02 Å². The number of hydrogen-bond acceptors (Lipinski definition) is 12. The number of piperazine rings is 1. The Morgan fingerprint density at radius 3 is 2.43 bits per heavy atom. The minimum absolute atomic E-state index is 0.118. The van der Waals surface area contributed by atoms with Crippen LogP contribution in [0.25, 0.3) is 0 Å². The second kappa shape index (κ2) is 17.8. The third-order valence-electron chi connectivity index (χ3n) is 12.9. The molecule has 0 saturated carbocycles. The van der Waals surface area contributed by atoms with Crippen LogP contribution in [0.5, 0.6) is 5.75 Å². The van der Waals surface area contributed by atoms with Gasteiger partial charge in [-0.3, -0.25) is 24.6 Å². The molecule has 4 fully saturated rings. The number of methoxy groups -OCH3 is 1. The fourth-order valence-electron chi connectivity index (χ4n) is 9.63. The maximum Gasteiger partial charge on any atom is 0.255 e. The van der Waals surface area contributed by atoms with Crippen LogP contribution in [0.4, 0.5) is 34.5 Å². The van der Waals surface area contributed by atoms with Crippen LogP contribution in [0.1, 0.15) is 41.6 Å². The number of rotatable bonds is 12. The molecule has 320 valence electrons. The van der Waals surface area contributed by atoms with E-state index >= 15 is 0 Å². The topological polar surface area (TPSA) is 139 Å². The molecule has 5 aliphatic rings. The molecule has 14 nitrogen and oxygen atoms in total. The summed E-state index contributed by atoms with van der Waals surface area (Å²) in [5, 5.41) is 10.9. The number of hydrogen-bond donors (Lipinski definition) is 3. The van der Waals surface area contributed by atoms with Crippen molar-refractivity contribution in [1.82, 2.24) is 30.0 Å². The van der Waals surface area contributed by atoms with Crippen molar-refractivity contribution in [2.75, 3.05) is 99.8 Å². The van der Waals surface area contributed by atoms with Gasteiger partial charge < -0.3 is 35.0 Å². The SMILES string of the molecule is COc1cc(N2CCC(N3CCN(CC4CN(c5cccc6c5CN(C5CCC(=O)NC5=O)C6=O)C4)CC3)CC2)ccc1Nc1ncc(Cl)c(Nc2ccccc2P(C)C)n1. The van der Waals surface area contributed by atoms with E-state index in [2.05, 4.69) is 84.2 Å². The number of halogens is 1. The van der Waals surface area contributed by atoms with Gasteiger partial charge in [-0.1, -0.05) is 43.8 Å². The van der Waals surface area contributed by atoms with E-state index in [0.29, 0.717) is 47.3 Å². The smallest absolute Gasteiger partial charge is 0.255 e. The van der Waals surface area contributed by atoms with Crippen LogP contribution >= 0.6 is 19.5 Å². The van der Waals surface area contributed by atoms with Gasteiger partial charge in [0.05, 0.1) is 19.0 Å². The zero-order valence-electron chi connectivity index (χ0n) is 35.1. The molecular formula is C45H54ClN10O4P. The van der Waals surface area contributed by atoms with Gasteiger partial charge in [0.2, 0.25) is 17.8 Å². The summed E-state index contributed by atoms with van der Waals surface area (Å²) in [5.74, 6) is 1.52. The number of anilines is 6. The first kappa shape index (κ1) is 41.3. The highest BCUT2D eigenvalue weighted by molar-refractivity contribution is 7.64. The normalized spacial score (nSPS) is 20.5. The standard InChI is InChI=1S/C45H54ClN10O4P/c1-60-39-23-31(11-12-35(39)49-45-47-24-34(46)42(51-45)48-36-8-4-5-10-40(36)61(2)3)53-17-15-30(16-18-53)54-21-19-52(20-22-54)25-29-26-55(27-29)37-9-6-7-32-33(37)28-56(44(32)59)38-13-14-41(57)50-43(38)58/h4-12,23-24,29-30,38H,13-22,25-28H2,1-3H3,(H,50,57,58)(H2,47,48,49,51). The van der Waals surface area contributed by atoms with E-state index in [1.54, 1.807) is 18.2 Å².